The van der Waals surface area contributed by atoms with Crippen LogP contribution in [0.5, 0.6) is 5.88 Å². The van der Waals surface area contributed by atoms with Gasteiger partial charge in [-0.25, -0.2) is 29.4 Å². The summed E-state index contributed by atoms with van der Waals surface area (Å²) in [5.74, 6) is 1.04. The zero-order valence-electron chi connectivity index (χ0n) is 21.9. The Kier molecular flexibility index (Phi) is 6.15. The fourth-order valence-electron chi connectivity index (χ4n) is 4.58. The molecule has 206 valence electrons. The van der Waals surface area contributed by atoms with Gasteiger partial charge in [0.2, 0.25) is 5.88 Å². The fourth-order valence-corrected chi connectivity index (χ4v) is 4.58. The summed E-state index contributed by atoms with van der Waals surface area (Å²) in [5, 5.41) is 3.69. The van der Waals surface area contributed by atoms with Gasteiger partial charge in [-0.1, -0.05) is 12.1 Å². The largest absolute Gasteiger partial charge is 0.474 e. The van der Waals surface area contributed by atoms with Crippen LogP contribution in [0.4, 0.5) is 13.2 Å². The van der Waals surface area contributed by atoms with E-state index in [4.69, 9.17) is 9.72 Å². The summed E-state index contributed by atoms with van der Waals surface area (Å²) in [6, 6.07) is 7.80. The van der Waals surface area contributed by atoms with Crippen LogP contribution in [0.1, 0.15) is 55.3 Å². The van der Waals surface area contributed by atoms with Gasteiger partial charge in [0, 0.05) is 11.6 Å². The van der Waals surface area contributed by atoms with Gasteiger partial charge < -0.3 is 9.72 Å². The topological polar surface area (TPSA) is 116 Å². The van der Waals surface area contributed by atoms with Crippen LogP contribution in [0.3, 0.4) is 0 Å². The molecule has 10 nitrogen and oxygen atoms in total. The van der Waals surface area contributed by atoms with Crippen LogP contribution in [0.25, 0.3) is 28.2 Å². The molecule has 1 aliphatic carbocycles. The number of nitrogens with one attached hydrogen (secondary N) is 1. The SMILES string of the molecule is Cc1cc(C(F)(F)F)nn1-c1ccc(Cn2c(=O)[nH]c3cnc(-c4c(OC(C)C)ncnc4C4CC4)nc32)cc1. The van der Waals surface area contributed by atoms with Crippen LogP contribution in [0, 0.1) is 6.92 Å². The molecule has 40 heavy (non-hydrogen) atoms. The van der Waals surface area contributed by atoms with Crippen LogP contribution in [-0.2, 0) is 12.7 Å². The minimum absolute atomic E-state index is 0.122. The number of fused-ring (bicyclic) bond motifs is 1. The van der Waals surface area contributed by atoms with E-state index in [1.54, 1.807) is 37.4 Å². The van der Waals surface area contributed by atoms with Gasteiger partial charge in [0.1, 0.15) is 17.4 Å². The first-order valence-electron chi connectivity index (χ1n) is 12.8. The van der Waals surface area contributed by atoms with Gasteiger partial charge in [0.25, 0.3) is 0 Å². The van der Waals surface area contributed by atoms with Crippen molar-refractivity contribution in [2.75, 3.05) is 0 Å². The van der Waals surface area contributed by atoms with E-state index in [0.717, 1.165) is 30.2 Å². The van der Waals surface area contributed by atoms with Crippen molar-refractivity contribution in [3.63, 3.8) is 0 Å². The van der Waals surface area contributed by atoms with Crippen molar-refractivity contribution in [2.24, 2.45) is 0 Å². The van der Waals surface area contributed by atoms with Crippen molar-refractivity contribution in [1.29, 1.82) is 0 Å². The van der Waals surface area contributed by atoms with Crippen LogP contribution >= 0.6 is 0 Å². The van der Waals surface area contributed by atoms with E-state index in [0.29, 0.717) is 39.8 Å². The number of hydrogen-bond acceptors (Lipinski definition) is 7. The molecule has 1 fully saturated rings. The number of H-pyrrole nitrogens is 1. The molecule has 1 aliphatic rings. The summed E-state index contributed by atoms with van der Waals surface area (Å²) in [6.45, 7) is 5.55. The molecule has 0 amide bonds. The van der Waals surface area contributed by atoms with Crippen molar-refractivity contribution in [3.8, 4) is 23.0 Å². The number of hydrogen-bond donors (Lipinski definition) is 1. The molecule has 13 heteroatoms. The second kappa shape index (κ2) is 9.57. The Bertz CT molecular complexity index is 1770. The molecular formula is C27H25F3N8O2. The summed E-state index contributed by atoms with van der Waals surface area (Å²) in [6.07, 6.45) is 0.406. The lowest BCUT2D eigenvalue weighted by molar-refractivity contribution is -0.141. The summed E-state index contributed by atoms with van der Waals surface area (Å²) in [5.41, 5.74) is 2.57. The number of rotatable bonds is 7. The van der Waals surface area contributed by atoms with E-state index in [1.165, 1.54) is 15.6 Å². The van der Waals surface area contributed by atoms with E-state index in [9.17, 15) is 18.0 Å². The molecule has 0 atom stereocenters. The lowest BCUT2D eigenvalue weighted by Crippen LogP contribution is -2.18. The maximum Gasteiger partial charge on any atom is 0.435 e. The summed E-state index contributed by atoms with van der Waals surface area (Å²) >= 11 is 0. The Balaban J connectivity index is 1.35. The normalized spacial score (nSPS) is 13.9. The Hall–Kier alpha value is -4.55. The Morgan fingerprint density at radius 3 is 2.52 bits per heavy atom. The van der Waals surface area contributed by atoms with E-state index in [-0.39, 0.29) is 24.3 Å². The van der Waals surface area contributed by atoms with E-state index >= 15 is 0 Å². The third kappa shape index (κ3) is 4.82. The smallest absolute Gasteiger partial charge is 0.435 e. The minimum atomic E-state index is -4.53. The second-order valence-corrected chi connectivity index (χ2v) is 10.1. The average Bonchev–Trinajstić information content (AvgIpc) is 3.60. The third-order valence-electron chi connectivity index (χ3n) is 6.59. The fraction of sp³-hybridized carbons (Fsp3) is 0.333. The van der Waals surface area contributed by atoms with E-state index in [2.05, 4.69) is 25.0 Å². The number of aromatic nitrogens is 8. The highest BCUT2D eigenvalue weighted by Gasteiger charge is 2.35. The van der Waals surface area contributed by atoms with Crippen molar-refractivity contribution in [2.45, 2.75) is 58.4 Å². The summed E-state index contributed by atoms with van der Waals surface area (Å²) in [7, 11) is 0. The number of benzene rings is 1. The Morgan fingerprint density at radius 1 is 1.12 bits per heavy atom. The van der Waals surface area contributed by atoms with Crippen LogP contribution in [-0.4, -0.2) is 45.4 Å². The lowest BCUT2D eigenvalue weighted by atomic mass is 10.1. The first-order valence-corrected chi connectivity index (χ1v) is 12.8. The maximum atomic E-state index is 13.1. The molecule has 1 saturated carbocycles. The molecule has 0 saturated heterocycles. The average molecular weight is 551 g/mol. The third-order valence-corrected chi connectivity index (χ3v) is 6.59. The standard InChI is InChI=1S/C27H25F3N8O2/c1-14(2)40-25-21(22(17-6-7-17)32-13-33-25)23-31-11-19-24(35-23)37(26(39)34-19)12-16-4-8-18(9-5-16)38-15(3)10-20(36-38)27(28,29)30/h4-5,8-11,13-14,17H,6-7,12H2,1-3H3,(H,34,39). The highest BCUT2D eigenvalue weighted by Crippen LogP contribution is 2.45. The van der Waals surface area contributed by atoms with Gasteiger partial charge >= 0.3 is 11.9 Å². The monoisotopic (exact) mass is 550 g/mol. The van der Waals surface area contributed by atoms with Crippen LogP contribution < -0.4 is 10.4 Å². The predicted octanol–water partition coefficient (Wildman–Crippen LogP) is 4.80. The Labute approximate surface area is 225 Å². The first-order chi connectivity index (χ1) is 19.1. The zero-order chi connectivity index (χ0) is 28.2. The molecule has 1 aromatic carbocycles. The van der Waals surface area contributed by atoms with Crippen LogP contribution in [0.2, 0.25) is 0 Å². The molecule has 0 bridgehead atoms. The van der Waals surface area contributed by atoms with E-state index in [1.807, 2.05) is 13.8 Å². The molecule has 6 rings (SSSR count). The molecule has 0 spiro atoms. The maximum absolute atomic E-state index is 13.1. The van der Waals surface area contributed by atoms with Crippen molar-refractivity contribution >= 4 is 11.2 Å². The Morgan fingerprint density at radius 2 is 1.88 bits per heavy atom. The number of ether oxygens (including phenoxy) is 1. The molecule has 1 N–H and O–H groups in total. The molecule has 0 aliphatic heterocycles. The highest BCUT2D eigenvalue weighted by atomic mass is 19.4. The molecule has 4 aromatic heterocycles. The highest BCUT2D eigenvalue weighted by molar-refractivity contribution is 5.75. The molecular weight excluding hydrogens is 525 g/mol. The lowest BCUT2D eigenvalue weighted by Gasteiger charge is -2.15. The number of aromatic amines is 1. The van der Waals surface area contributed by atoms with Gasteiger partial charge in [-0.15, -0.1) is 0 Å². The van der Waals surface area contributed by atoms with Gasteiger partial charge in [-0.3, -0.25) is 4.57 Å². The van der Waals surface area contributed by atoms with Gasteiger partial charge in [-0.2, -0.15) is 18.3 Å². The number of halogens is 3. The van der Waals surface area contributed by atoms with Gasteiger partial charge in [-0.05, 0) is 57.4 Å². The van der Waals surface area contributed by atoms with Crippen molar-refractivity contribution in [1.82, 2.24) is 39.3 Å². The summed E-state index contributed by atoms with van der Waals surface area (Å²) < 4.78 is 47.9. The second-order valence-electron chi connectivity index (χ2n) is 10.1. The molecule has 4 heterocycles. The molecule has 0 unspecified atom stereocenters. The number of imidazole rings is 1. The predicted molar refractivity (Wildman–Crippen MR) is 139 cm³/mol. The van der Waals surface area contributed by atoms with Gasteiger partial charge in [0.15, 0.2) is 17.2 Å². The van der Waals surface area contributed by atoms with Crippen molar-refractivity contribution < 1.29 is 17.9 Å². The number of nitrogens with zero attached hydrogens (tertiary/aromatic N) is 7. The van der Waals surface area contributed by atoms with E-state index < -0.39 is 11.9 Å². The first kappa shape index (κ1) is 25.7. The van der Waals surface area contributed by atoms with Crippen molar-refractivity contribution in [3.05, 3.63) is 76.0 Å². The molecule has 0 radical (unpaired) electrons. The van der Waals surface area contributed by atoms with Crippen LogP contribution in [0.15, 0.2) is 47.7 Å². The summed E-state index contributed by atoms with van der Waals surface area (Å²) in [4.78, 5) is 33.8. The quantitative estimate of drug-likeness (QED) is 0.309. The number of alkyl halides is 3. The minimum Gasteiger partial charge on any atom is -0.474 e. The van der Waals surface area contributed by atoms with Gasteiger partial charge in [0.05, 0.1) is 30.2 Å². The zero-order valence-corrected chi connectivity index (χ0v) is 21.9. The number of aryl methyl sites for hydroxylation is 1. The molecule has 5 aromatic rings.